The zero-order valence-corrected chi connectivity index (χ0v) is 13.8. The monoisotopic (exact) mass is 381 g/mol. The van der Waals surface area contributed by atoms with Gasteiger partial charge in [0, 0.05) is 6.08 Å². The third-order valence-corrected chi connectivity index (χ3v) is 4.71. The van der Waals surface area contributed by atoms with E-state index in [1.165, 1.54) is 0 Å². The van der Waals surface area contributed by atoms with Crippen molar-refractivity contribution in [2.45, 2.75) is 0 Å². The zero-order valence-electron chi connectivity index (χ0n) is 10.8. The molecule has 0 bridgehead atoms. The highest BCUT2D eigenvalue weighted by Gasteiger charge is 2.41. The molecule has 116 valence electrons. The van der Waals surface area contributed by atoms with E-state index < -0.39 is 17.8 Å². The first-order valence-electron chi connectivity index (χ1n) is 5.82. The molecule has 22 heavy (non-hydrogen) atoms. The average molecular weight is 383 g/mol. The molecule has 2 rings (SSSR count). The first-order chi connectivity index (χ1) is 10.3. The van der Waals surface area contributed by atoms with Crippen molar-refractivity contribution in [1.29, 1.82) is 0 Å². The van der Waals surface area contributed by atoms with E-state index in [4.69, 9.17) is 51.1 Å². The number of imide groups is 1. The highest BCUT2D eigenvalue weighted by atomic mass is 35.5. The number of nitrogens with zero attached hydrogens (tertiary/aromatic N) is 1. The standard InChI is InChI=1S/C13H7Cl4NO4/c1-2-5(19)22-4-3-18-12(20)6-7(13(18)21)9(15)11(17)10(16)8(6)14/h2H,1,3-4H2. The van der Waals surface area contributed by atoms with Gasteiger partial charge in [-0.3, -0.25) is 14.5 Å². The van der Waals surface area contributed by atoms with Crippen LogP contribution in [0.25, 0.3) is 0 Å². The number of rotatable bonds is 4. The summed E-state index contributed by atoms with van der Waals surface area (Å²) in [6, 6.07) is 0. The predicted octanol–water partition coefficient (Wildman–Crippen LogP) is 3.63. The fourth-order valence-corrected chi connectivity index (χ4v) is 2.91. The quantitative estimate of drug-likeness (QED) is 0.262. The number of carbonyl (C=O) groups excluding carboxylic acids is 3. The molecule has 0 aliphatic carbocycles. The molecule has 0 aromatic heterocycles. The van der Waals surface area contributed by atoms with Crippen LogP contribution >= 0.6 is 46.4 Å². The van der Waals surface area contributed by atoms with Crippen LogP contribution < -0.4 is 0 Å². The maximum absolute atomic E-state index is 12.3. The van der Waals surface area contributed by atoms with Crippen molar-refractivity contribution in [1.82, 2.24) is 4.90 Å². The second-order valence-corrected chi connectivity index (χ2v) is 5.65. The lowest BCUT2D eigenvalue weighted by Crippen LogP contribution is -2.33. The van der Waals surface area contributed by atoms with Crippen LogP contribution in [0, 0.1) is 0 Å². The van der Waals surface area contributed by atoms with Gasteiger partial charge in [0.05, 0.1) is 37.8 Å². The van der Waals surface area contributed by atoms with Crippen molar-refractivity contribution in [3.8, 4) is 0 Å². The van der Waals surface area contributed by atoms with Crippen LogP contribution in [0.3, 0.4) is 0 Å². The Bertz CT molecular complexity index is 670. The largest absolute Gasteiger partial charge is 0.461 e. The summed E-state index contributed by atoms with van der Waals surface area (Å²) in [6.07, 6.45) is 0.968. The van der Waals surface area contributed by atoms with Crippen molar-refractivity contribution in [3.63, 3.8) is 0 Å². The van der Waals surface area contributed by atoms with Gasteiger partial charge in [-0.15, -0.1) is 0 Å². The Labute approximate surface area is 145 Å². The van der Waals surface area contributed by atoms with Gasteiger partial charge in [-0.05, 0) is 0 Å². The van der Waals surface area contributed by atoms with Gasteiger partial charge in [0.2, 0.25) is 0 Å². The molecular weight excluding hydrogens is 376 g/mol. The summed E-state index contributed by atoms with van der Waals surface area (Å²) < 4.78 is 4.74. The van der Waals surface area contributed by atoms with Gasteiger partial charge in [0.15, 0.2) is 0 Å². The van der Waals surface area contributed by atoms with E-state index >= 15 is 0 Å². The summed E-state index contributed by atoms with van der Waals surface area (Å²) in [6.45, 7) is 2.88. The Hall–Kier alpha value is -1.27. The van der Waals surface area contributed by atoms with Gasteiger partial charge in [-0.25, -0.2) is 4.79 Å². The Balaban J connectivity index is 2.34. The number of fused-ring (bicyclic) bond motifs is 1. The maximum atomic E-state index is 12.3. The van der Waals surface area contributed by atoms with Gasteiger partial charge >= 0.3 is 5.97 Å². The van der Waals surface area contributed by atoms with Crippen LogP contribution in [0.1, 0.15) is 20.7 Å². The van der Waals surface area contributed by atoms with E-state index in [2.05, 4.69) is 6.58 Å². The molecule has 1 aromatic carbocycles. The van der Waals surface area contributed by atoms with Crippen molar-refractivity contribution in [3.05, 3.63) is 43.9 Å². The lowest BCUT2D eigenvalue weighted by atomic mass is 10.1. The van der Waals surface area contributed by atoms with Gasteiger partial charge in [0.25, 0.3) is 11.8 Å². The van der Waals surface area contributed by atoms with Crippen molar-refractivity contribution in [2.24, 2.45) is 0 Å². The summed E-state index contributed by atoms with van der Waals surface area (Å²) in [5, 5.41) is -0.494. The van der Waals surface area contributed by atoms with Crippen LogP contribution in [0.2, 0.25) is 20.1 Å². The number of hydrogen-bond acceptors (Lipinski definition) is 4. The molecule has 1 heterocycles. The fraction of sp³-hybridized carbons (Fsp3) is 0.154. The summed E-state index contributed by atoms with van der Waals surface area (Å²) in [4.78, 5) is 36.4. The van der Waals surface area contributed by atoms with Gasteiger partial charge in [0.1, 0.15) is 6.61 Å². The minimum Gasteiger partial charge on any atom is -0.461 e. The lowest BCUT2D eigenvalue weighted by Gasteiger charge is -2.13. The molecule has 9 heteroatoms. The number of halogens is 4. The Kier molecular flexibility index (Phi) is 5.02. The minimum absolute atomic E-state index is 0.104. The predicted molar refractivity (Wildman–Crippen MR) is 83.0 cm³/mol. The smallest absolute Gasteiger partial charge is 0.330 e. The van der Waals surface area contributed by atoms with Crippen molar-refractivity contribution in [2.75, 3.05) is 13.2 Å². The highest BCUT2D eigenvalue weighted by Crippen LogP contribution is 2.44. The summed E-state index contributed by atoms with van der Waals surface area (Å²) >= 11 is 23.7. The normalized spacial score (nSPS) is 13.4. The number of hydrogen-bond donors (Lipinski definition) is 0. The van der Waals surface area contributed by atoms with E-state index in [1.807, 2.05) is 0 Å². The topological polar surface area (TPSA) is 63.7 Å². The van der Waals surface area contributed by atoms with E-state index in [9.17, 15) is 14.4 Å². The number of carbonyl (C=O) groups is 3. The molecule has 0 fully saturated rings. The highest BCUT2D eigenvalue weighted by molar-refractivity contribution is 6.55. The molecule has 1 aliphatic rings. The molecule has 5 nitrogen and oxygen atoms in total. The van der Waals surface area contributed by atoms with Crippen molar-refractivity contribution >= 4 is 64.2 Å². The molecule has 0 saturated heterocycles. The molecule has 0 unspecified atom stereocenters. The molecule has 1 aliphatic heterocycles. The Morgan fingerprint density at radius 1 is 1.00 bits per heavy atom. The second kappa shape index (κ2) is 6.46. The number of esters is 1. The molecule has 0 spiro atoms. The SMILES string of the molecule is C=CC(=O)OCCN1C(=O)c2c(Cl)c(Cl)c(Cl)c(Cl)c2C1=O. The first-order valence-corrected chi connectivity index (χ1v) is 7.33. The molecule has 0 atom stereocenters. The van der Waals surface area contributed by atoms with Crippen LogP contribution in [0.5, 0.6) is 0 Å². The fourth-order valence-electron chi connectivity index (χ4n) is 1.90. The summed E-state index contributed by atoms with van der Waals surface area (Å²) in [5.74, 6) is -2.03. The number of benzene rings is 1. The lowest BCUT2D eigenvalue weighted by molar-refractivity contribution is -0.137. The third-order valence-electron chi connectivity index (χ3n) is 2.91. The van der Waals surface area contributed by atoms with Crippen LogP contribution in [-0.2, 0) is 9.53 Å². The van der Waals surface area contributed by atoms with Gasteiger partial charge in [-0.1, -0.05) is 53.0 Å². The van der Waals surface area contributed by atoms with Crippen molar-refractivity contribution < 1.29 is 19.1 Å². The molecule has 0 saturated carbocycles. The minimum atomic E-state index is -0.680. The Morgan fingerprint density at radius 3 is 1.86 bits per heavy atom. The van der Waals surface area contributed by atoms with E-state index in [1.54, 1.807) is 0 Å². The van der Waals surface area contributed by atoms with Crippen LogP contribution in [0.15, 0.2) is 12.7 Å². The van der Waals surface area contributed by atoms with E-state index in [0.717, 1.165) is 11.0 Å². The van der Waals surface area contributed by atoms with Gasteiger partial charge < -0.3 is 4.74 Å². The summed E-state index contributed by atoms with van der Waals surface area (Å²) in [7, 11) is 0. The number of amides is 2. The first kappa shape index (κ1) is 17.1. The number of ether oxygens (including phenoxy) is 1. The zero-order chi connectivity index (χ0) is 16.6. The molecule has 0 N–H and O–H groups in total. The molecular formula is C13H7Cl4NO4. The summed E-state index contributed by atoms with van der Waals surface area (Å²) in [5.41, 5.74) is -0.220. The van der Waals surface area contributed by atoms with E-state index in [0.29, 0.717) is 0 Å². The van der Waals surface area contributed by atoms with E-state index in [-0.39, 0.29) is 44.4 Å². The molecule has 0 radical (unpaired) electrons. The van der Waals surface area contributed by atoms with Gasteiger partial charge in [-0.2, -0.15) is 0 Å². The second-order valence-electron chi connectivity index (χ2n) is 4.14. The van der Waals surface area contributed by atoms with Crippen LogP contribution in [-0.4, -0.2) is 35.8 Å². The average Bonchev–Trinajstić information content (AvgIpc) is 2.75. The Morgan fingerprint density at radius 2 is 1.45 bits per heavy atom. The third kappa shape index (κ3) is 2.70. The molecule has 2 amide bonds. The maximum Gasteiger partial charge on any atom is 0.330 e. The molecule has 1 aromatic rings. The van der Waals surface area contributed by atoms with Crippen LogP contribution in [0.4, 0.5) is 0 Å².